The number of fused-ring (bicyclic) bond motifs is 2. The number of nitrogen functional groups attached to an aromatic ring is 1. The van der Waals surface area contributed by atoms with Crippen LogP contribution in [0.4, 0.5) is 5.82 Å². The lowest BCUT2D eigenvalue weighted by molar-refractivity contribution is -0.129. The summed E-state index contributed by atoms with van der Waals surface area (Å²) in [5.74, 6) is 0.794. The van der Waals surface area contributed by atoms with E-state index in [0.29, 0.717) is 34.4 Å². The monoisotopic (exact) mass is 340 g/mol. The highest BCUT2D eigenvalue weighted by atomic mass is 32.2. The van der Waals surface area contributed by atoms with Gasteiger partial charge in [-0.05, 0) is 17.5 Å². The van der Waals surface area contributed by atoms with Gasteiger partial charge in [0.2, 0.25) is 5.91 Å². The van der Waals surface area contributed by atoms with Crippen molar-refractivity contribution in [2.75, 3.05) is 18.0 Å². The highest BCUT2D eigenvalue weighted by Gasteiger charge is 2.20. The van der Waals surface area contributed by atoms with Gasteiger partial charge in [-0.25, -0.2) is 15.0 Å². The number of carbonyl (C=O) groups is 1. The van der Waals surface area contributed by atoms with E-state index in [1.807, 2.05) is 17.0 Å². The second-order valence-electron chi connectivity index (χ2n) is 5.62. The number of aromatic amines is 1. The molecule has 8 heteroatoms. The number of amides is 1. The number of hydrogen-bond donors (Lipinski definition) is 2. The summed E-state index contributed by atoms with van der Waals surface area (Å²) >= 11 is 1.36. The molecule has 122 valence electrons. The number of rotatable bonds is 3. The lowest BCUT2D eigenvalue weighted by Crippen LogP contribution is -2.37. The quantitative estimate of drug-likeness (QED) is 0.703. The molecule has 0 unspecified atom stereocenters. The van der Waals surface area contributed by atoms with E-state index < -0.39 is 0 Å². The molecule has 0 bridgehead atoms. The smallest absolute Gasteiger partial charge is 0.233 e. The summed E-state index contributed by atoms with van der Waals surface area (Å²) in [6.45, 7) is 1.43. The number of aromatic nitrogens is 4. The third-order valence-electron chi connectivity index (χ3n) is 4.11. The summed E-state index contributed by atoms with van der Waals surface area (Å²) in [4.78, 5) is 29.8. The second-order valence-corrected chi connectivity index (χ2v) is 6.59. The van der Waals surface area contributed by atoms with E-state index >= 15 is 0 Å². The fourth-order valence-corrected chi connectivity index (χ4v) is 3.59. The van der Waals surface area contributed by atoms with Crippen molar-refractivity contribution >= 4 is 34.7 Å². The lowest BCUT2D eigenvalue weighted by atomic mass is 10.00. The molecule has 1 aliphatic rings. The zero-order valence-electron chi connectivity index (χ0n) is 12.9. The van der Waals surface area contributed by atoms with Crippen molar-refractivity contribution in [1.29, 1.82) is 0 Å². The molecule has 3 N–H and O–H groups in total. The molecule has 0 saturated heterocycles. The molecule has 3 heterocycles. The minimum absolute atomic E-state index is 0.106. The van der Waals surface area contributed by atoms with E-state index in [0.717, 1.165) is 13.0 Å². The summed E-state index contributed by atoms with van der Waals surface area (Å²) < 4.78 is 0. The molecule has 0 radical (unpaired) electrons. The summed E-state index contributed by atoms with van der Waals surface area (Å²) in [7, 11) is 0. The van der Waals surface area contributed by atoms with Gasteiger partial charge in [-0.1, -0.05) is 36.0 Å². The van der Waals surface area contributed by atoms with Gasteiger partial charge < -0.3 is 15.6 Å². The maximum atomic E-state index is 12.5. The third-order valence-corrected chi connectivity index (χ3v) is 4.97. The fraction of sp³-hybridized carbons (Fsp3) is 0.250. The van der Waals surface area contributed by atoms with Crippen LogP contribution >= 0.6 is 11.8 Å². The highest BCUT2D eigenvalue weighted by Crippen LogP contribution is 2.23. The molecule has 24 heavy (non-hydrogen) atoms. The van der Waals surface area contributed by atoms with Gasteiger partial charge in [0, 0.05) is 13.1 Å². The average molecular weight is 340 g/mol. The van der Waals surface area contributed by atoms with Crippen LogP contribution < -0.4 is 5.73 Å². The number of nitrogens with one attached hydrogen (secondary N) is 1. The van der Waals surface area contributed by atoms with Gasteiger partial charge in [0.25, 0.3) is 0 Å². The molecule has 3 aromatic rings. The Morgan fingerprint density at radius 1 is 1.29 bits per heavy atom. The van der Waals surface area contributed by atoms with Gasteiger partial charge in [-0.15, -0.1) is 0 Å². The first-order chi connectivity index (χ1) is 11.7. The molecule has 0 aliphatic carbocycles. The first-order valence-corrected chi connectivity index (χ1v) is 8.63. The topological polar surface area (TPSA) is 101 Å². The molecule has 7 nitrogen and oxygen atoms in total. The normalized spacial score (nSPS) is 13.9. The average Bonchev–Trinajstić information content (AvgIpc) is 3.04. The molecule has 4 rings (SSSR count). The van der Waals surface area contributed by atoms with Crippen molar-refractivity contribution in [3.8, 4) is 0 Å². The maximum absolute atomic E-state index is 12.5. The van der Waals surface area contributed by atoms with Crippen molar-refractivity contribution in [3.05, 3.63) is 41.7 Å². The molecule has 1 aliphatic heterocycles. The van der Waals surface area contributed by atoms with E-state index in [1.165, 1.54) is 29.2 Å². The molecule has 0 spiro atoms. The van der Waals surface area contributed by atoms with E-state index in [9.17, 15) is 4.79 Å². The van der Waals surface area contributed by atoms with Gasteiger partial charge in [0.1, 0.15) is 11.8 Å². The van der Waals surface area contributed by atoms with Gasteiger partial charge in [-0.2, -0.15) is 0 Å². The van der Waals surface area contributed by atoms with Crippen LogP contribution in [0.15, 0.2) is 35.7 Å². The van der Waals surface area contributed by atoms with Crippen LogP contribution in [-0.2, 0) is 17.8 Å². The van der Waals surface area contributed by atoms with Gasteiger partial charge in [0.05, 0.1) is 5.75 Å². The zero-order chi connectivity index (χ0) is 16.5. The molecular weight excluding hydrogens is 324 g/mol. The standard InChI is InChI=1S/C16H16N6OS/c17-14-13-15(19-9-18-14)21-16(20-13)24-8-12(23)22-6-5-10-3-1-2-4-11(10)7-22/h1-4,9H,5-8H2,(H3,17,18,19,20,21). The Labute approximate surface area is 142 Å². The number of carbonyl (C=O) groups excluding carboxylic acids is 1. The number of anilines is 1. The van der Waals surface area contributed by atoms with Gasteiger partial charge in [-0.3, -0.25) is 4.79 Å². The molecule has 0 saturated carbocycles. The SMILES string of the molecule is Nc1ncnc2nc(SCC(=O)N3CCc4ccccc4C3)[nH]c12. The van der Waals surface area contributed by atoms with Crippen molar-refractivity contribution in [2.24, 2.45) is 0 Å². The number of imidazole rings is 1. The summed E-state index contributed by atoms with van der Waals surface area (Å²) in [5.41, 5.74) is 9.47. The predicted molar refractivity (Wildman–Crippen MR) is 92.4 cm³/mol. The van der Waals surface area contributed by atoms with Gasteiger partial charge in [0.15, 0.2) is 16.6 Å². The number of nitrogens with zero attached hydrogens (tertiary/aromatic N) is 4. The van der Waals surface area contributed by atoms with E-state index in [-0.39, 0.29) is 5.91 Å². The van der Waals surface area contributed by atoms with Crippen LogP contribution in [0.2, 0.25) is 0 Å². The molecule has 1 aromatic carbocycles. The summed E-state index contributed by atoms with van der Waals surface area (Å²) in [6.07, 6.45) is 2.28. The van der Waals surface area contributed by atoms with Crippen molar-refractivity contribution in [3.63, 3.8) is 0 Å². The van der Waals surface area contributed by atoms with Crippen LogP contribution in [0.1, 0.15) is 11.1 Å². The number of hydrogen-bond acceptors (Lipinski definition) is 6. The van der Waals surface area contributed by atoms with Crippen molar-refractivity contribution in [2.45, 2.75) is 18.1 Å². The van der Waals surface area contributed by atoms with Crippen molar-refractivity contribution < 1.29 is 4.79 Å². The molecule has 1 amide bonds. The Kier molecular flexibility index (Phi) is 3.81. The predicted octanol–water partition coefficient (Wildman–Crippen LogP) is 1.61. The van der Waals surface area contributed by atoms with E-state index in [1.54, 1.807) is 0 Å². The van der Waals surface area contributed by atoms with Crippen LogP contribution in [0.25, 0.3) is 11.2 Å². The number of nitrogens with two attached hydrogens (primary N) is 1. The number of thioether (sulfide) groups is 1. The Hall–Kier alpha value is -2.61. The van der Waals surface area contributed by atoms with Crippen LogP contribution in [0.3, 0.4) is 0 Å². The van der Waals surface area contributed by atoms with Gasteiger partial charge >= 0.3 is 0 Å². The van der Waals surface area contributed by atoms with Crippen LogP contribution in [0, 0.1) is 0 Å². The lowest BCUT2D eigenvalue weighted by Gasteiger charge is -2.28. The Balaban J connectivity index is 1.42. The highest BCUT2D eigenvalue weighted by molar-refractivity contribution is 7.99. The number of benzene rings is 1. The van der Waals surface area contributed by atoms with Crippen LogP contribution in [0.5, 0.6) is 0 Å². The Bertz CT molecular complexity index is 908. The second kappa shape index (κ2) is 6.12. The minimum Gasteiger partial charge on any atom is -0.382 e. The third kappa shape index (κ3) is 2.80. The van der Waals surface area contributed by atoms with Crippen molar-refractivity contribution in [1.82, 2.24) is 24.8 Å². The maximum Gasteiger partial charge on any atom is 0.233 e. The Morgan fingerprint density at radius 3 is 2.96 bits per heavy atom. The Morgan fingerprint density at radius 2 is 2.12 bits per heavy atom. The molecule has 0 atom stereocenters. The van der Waals surface area contributed by atoms with E-state index in [2.05, 4.69) is 32.1 Å². The fourth-order valence-electron chi connectivity index (χ4n) is 2.82. The first-order valence-electron chi connectivity index (χ1n) is 7.64. The largest absolute Gasteiger partial charge is 0.382 e. The first kappa shape index (κ1) is 14.9. The van der Waals surface area contributed by atoms with E-state index in [4.69, 9.17) is 5.73 Å². The zero-order valence-corrected chi connectivity index (χ0v) is 13.7. The number of H-pyrrole nitrogens is 1. The van der Waals surface area contributed by atoms with Crippen LogP contribution in [-0.4, -0.2) is 43.0 Å². The molecular formula is C16H16N6OS. The molecule has 0 fully saturated rings. The summed E-state index contributed by atoms with van der Waals surface area (Å²) in [6, 6.07) is 8.28. The minimum atomic E-state index is 0.106. The molecule has 2 aromatic heterocycles. The summed E-state index contributed by atoms with van der Waals surface area (Å²) in [5, 5.41) is 0.628.